The minimum atomic E-state index is -1.12. The van der Waals surface area contributed by atoms with Gasteiger partial charge in [0.1, 0.15) is 24.5 Å². The fourth-order valence-electron chi connectivity index (χ4n) is 6.76. The van der Waals surface area contributed by atoms with E-state index in [-0.39, 0.29) is 11.9 Å². The molecule has 2 aliphatic rings. The first-order valence-corrected chi connectivity index (χ1v) is 16.7. The van der Waals surface area contributed by atoms with Crippen molar-refractivity contribution in [3.8, 4) is 28.4 Å². The number of unbranched alkanes of at least 4 members (excludes halogenated alkanes) is 1. The Labute approximate surface area is 280 Å². The number of rotatable bonds is 11. The van der Waals surface area contributed by atoms with E-state index < -0.39 is 5.54 Å². The van der Waals surface area contributed by atoms with Crippen LogP contribution in [0.5, 0.6) is 17.2 Å². The number of aryl methyl sites for hydroxylation is 1. The van der Waals surface area contributed by atoms with E-state index in [1.807, 2.05) is 37.4 Å². The second-order valence-electron chi connectivity index (χ2n) is 12.4. The van der Waals surface area contributed by atoms with Crippen LogP contribution in [-0.4, -0.2) is 48.2 Å². The fourth-order valence-corrected chi connectivity index (χ4v) is 6.76. The van der Waals surface area contributed by atoms with Gasteiger partial charge in [-0.15, -0.1) is 0 Å². The number of ether oxygens (including phenoxy) is 3. The van der Waals surface area contributed by atoms with Gasteiger partial charge in [0.15, 0.2) is 11.5 Å². The Kier molecular flexibility index (Phi) is 8.72. The summed E-state index contributed by atoms with van der Waals surface area (Å²) in [6.45, 7) is 5.73. The van der Waals surface area contributed by atoms with Crippen molar-refractivity contribution < 1.29 is 23.8 Å². The van der Waals surface area contributed by atoms with Crippen LogP contribution >= 0.6 is 0 Å². The van der Waals surface area contributed by atoms with Crippen molar-refractivity contribution in [2.45, 2.75) is 45.1 Å². The SMILES string of the molecule is CCC1(c2ccc3c(c2)OCCO3)NC(=O)N(CCCCOc2ccc(-c3c(Cc4ccccc4)cnc4c(C)cccc34)cc2)C1=O. The van der Waals surface area contributed by atoms with E-state index in [1.165, 1.54) is 21.6 Å². The number of aromatic nitrogens is 1. The molecule has 5 aromatic rings. The molecule has 3 amide bonds. The van der Waals surface area contributed by atoms with Gasteiger partial charge in [-0.3, -0.25) is 14.7 Å². The molecule has 0 radical (unpaired) electrons. The number of para-hydroxylation sites is 1. The van der Waals surface area contributed by atoms with Crippen LogP contribution in [0.25, 0.3) is 22.0 Å². The molecule has 3 heterocycles. The van der Waals surface area contributed by atoms with Gasteiger partial charge in [0.05, 0.1) is 12.1 Å². The molecule has 8 heteroatoms. The molecule has 1 N–H and O–H groups in total. The lowest BCUT2D eigenvalue weighted by Crippen LogP contribution is -2.43. The first kappa shape index (κ1) is 31.2. The van der Waals surface area contributed by atoms with Gasteiger partial charge in [0.25, 0.3) is 5.91 Å². The number of nitrogens with zero attached hydrogens (tertiary/aromatic N) is 2. The summed E-state index contributed by atoms with van der Waals surface area (Å²) >= 11 is 0. The molecule has 1 fully saturated rings. The van der Waals surface area contributed by atoms with Gasteiger partial charge in [-0.05, 0) is 90.3 Å². The lowest BCUT2D eigenvalue weighted by atomic mass is 9.87. The summed E-state index contributed by atoms with van der Waals surface area (Å²) in [4.78, 5) is 32.8. The molecule has 1 unspecified atom stereocenters. The van der Waals surface area contributed by atoms with E-state index >= 15 is 0 Å². The van der Waals surface area contributed by atoms with Crippen molar-refractivity contribution in [1.29, 1.82) is 0 Å². The third kappa shape index (κ3) is 5.94. The Morgan fingerprint density at radius 2 is 1.69 bits per heavy atom. The van der Waals surface area contributed by atoms with Gasteiger partial charge in [0, 0.05) is 18.1 Å². The molecule has 0 spiro atoms. The van der Waals surface area contributed by atoms with Gasteiger partial charge in [0.2, 0.25) is 0 Å². The quantitative estimate of drug-likeness (QED) is 0.118. The van der Waals surface area contributed by atoms with E-state index in [4.69, 9.17) is 19.2 Å². The van der Waals surface area contributed by atoms with Crippen LogP contribution < -0.4 is 19.5 Å². The molecule has 7 rings (SSSR count). The Morgan fingerprint density at radius 1 is 0.896 bits per heavy atom. The highest BCUT2D eigenvalue weighted by Crippen LogP contribution is 2.39. The second-order valence-corrected chi connectivity index (χ2v) is 12.4. The Bertz CT molecular complexity index is 1960. The highest BCUT2D eigenvalue weighted by atomic mass is 16.6. The van der Waals surface area contributed by atoms with E-state index in [2.05, 4.69) is 66.8 Å². The number of imide groups is 1. The topological polar surface area (TPSA) is 90.0 Å². The number of carbonyl (C=O) groups is 2. The van der Waals surface area contributed by atoms with Crippen molar-refractivity contribution in [3.05, 3.63) is 119 Å². The van der Waals surface area contributed by atoms with Crippen molar-refractivity contribution in [3.63, 3.8) is 0 Å². The van der Waals surface area contributed by atoms with Gasteiger partial charge in [-0.1, -0.05) is 73.7 Å². The Morgan fingerprint density at radius 3 is 2.48 bits per heavy atom. The normalized spacial score (nSPS) is 17.1. The maximum atomic E-state index is 13.6. The highest BCUT2D eigenvalue weighted by molar-refractivity contribution is 6.07. The third-order valence-corrected chi connectivity index (χ3v) is 9.34. The molecular weight excluding hydrogens is 602 g/mol. The first-order valence-electron chi connectivity index (χ1n) is 16.7. The zero-order valence-electron chi connectivity index (χ0n) is 27.3. The van der Waals surface area contributed by atoms with Gasteiger partial charge < -0.3 is 19.5 Å². The Hall–Kier alpha value is -5.37. The number of nitrogens with one attached hydrogen (secondary N) is 1. The van der Waals surface area contributed by atoms with Crippen LogP contribution in [0.3, 0.4) is 0 Å². The monoisotopic (exact) mass is 641 g/mol. The number of hydrogen-bond acceptors (Lipinski definition) is 6. The molecule has 4 aromatic carbocycles. The number of pyridine rings is 1. The minimum Gasteiger partial charge on any atom is -0.494 e. The van der Waals surface area contributed by atoms with Gasteiger partial charge in [-0.25, -0.2) is 4.79 Å². The first-order chi connectivity index (χ1) is 23.5. The molecule has 1 saturated heterocycles. The molecule has 8 nitrogen and oxygen atoms in total. The maximum Gasteiger partial charge on any atom is 0.325 e. The summed E-state index contributed by atoms with van der Waals surface area (Å²) in [7, 11) is 0. The van der Waals surface area contributed by atoms with Crippen LogP contribution in [0.4, 0.5) is 4.79 Å². The number of benzene rings is 4. The average molecular weight is 642 g/mol. The highest BCUT2D eigenvalue weighted by Gasteiger charge is 2.51. The predicted molar refractivity (Wildman–Crippen MR) is 186 cm³/mol. The lowest BCUT2D eigenvalue weighted by molar-refractivity contribution is -0.131. The van der Waals surface area contributed by atoms with Crippen LogP contribution in [0.15, 0.2) is 97.2 Å². The van der Waals surface area contributed by atoms with E-state index in [1.54, 1.807) is 12.1 Å². The van der Waals surface area contributed by atoms with E-state index in [0.29, 0.717) is 62.7 Å². The van der Waals surface area contributed by atoms with Crippen LogP contribution in [0.2, 0.25) is 0 Å². The fraction of sp³-hybridized carbons (Fsp3) is 0.275. The molecule has 1 atom stereocenters. The summed E-state index contributed by atoms with van der Waals surface area (Å²) in [6, 6.07) is 30.1. The number of urea groups is 1. The van der Waals surface area contributed by atoms with Crippen LogP contribution in [0.1, 0.15) is 48.4 Å². The molecule has 0 saturated carbocycles. The summed E-state index contributed by atoms with van der Waals surface area (Å²) < 4.78 is 17.5. The van der Waals surface area contributed by atoms with E-state index in [0.717, 1.165) is 34.2 Å². The largest absolute Gasteiger partial charge is 0.494 e. The maximum absolute atomic E-state index is 13.6. The molecular formula is C40H39N3O5. The van der Waals surface area contributed by atoms with Gasteiger partial charge in [-0.2, -0.15) is 0 Å². The van der Waals surface area contributed by atoms with Gasteiger partial charge >= 0.3 is 6.03 Å². The summed E-state index contributed by atoms with van der Waals surface area (Å²) in [5, 5.41) is 4.10. The number of fused-ring (bicyclic) bond motifs is 2. The Balaban J connectivity index is 0.988. The van der Waals surface area contributed by atoms with Crippen molar-refractivity contribution in [2.75, 3.05) is 26.4 Å². The number of amides is 3. The van der Waals surface area contributed by atoms with Crippen LogP contribution in [-0.2, 0) is 16.8 Å². The smallest absolute Gasteiger partial charge is 0.325 e. The van der Waals surface area contributed by atoms with E-state index in [9.17, 15) is 9.59 Å². The van der Waals surface area contributed by atoms with Crippen molar-refractivity contribution >= 4 is 22.8 Å². The lowest BCUT2D eigenvalue weighted by Gasteiger charge is -2.27. The van der Waals surface area contributed by atoms with Crippen molar-refractivity contribution in [2.24, 2.45) is 0 Å². The standard InChI is InChI=1S/C40H39N3O5/c1-3-40(31-16-19-34-35(25-31)48-23-22-47-34)38(44)43(39(45)42-40)20-7-8-21-46-32-17-14-29(15-18-32)36-30(24-28-11-5-4-6-12-28)26-41-37-27(2)10-9-13-33(36)37/h4-6,9-19,25-26H,3,7-8,20-24H2,1-2H3,(H,42,45). The number of hydrogen-bond donors (Lipinski definition) is 1. The molecule has 1 aromatic heterocycles. The summed E-state index contributed by atoms with van der Waals surface area (Å²) in [5.74, 6) is 1.77. The van der Waals surface area contributed by atoms with Crippen LogP contribution in [0, 0.1) is 6.92 Å². The number of carbonyl (C=O) groups excluding carboxylic acids is 2. The molecule has 48 heavy (non-hydrogen) atoms. The second kappa shape index (κ2) is 13.4. The minimum absolute atomic E-state index is 0.242. The molecule has 0 aliphatic carbocycles. The zero-order chi connectivity index (χ0) is 33.1. The molecule has 2 aliphatic heterocycles. The zero-order valence-corrected chi connectivity index (χ0v) is 27.3. The molecule has 244 valence electrons. The molecule has 0 bridgehead atoms. The average Bonchev–Trinajstić information content (AvgIpc) is 3.37. The predicted octanol–water partition coefficient (Wildman–Crippen LogP) is 7.59. The third-order valence-electron chi connectivity index (χ3n) is 9.34. The summed E-state index contributed by atoms with van der Waals surface area (Å²) in [5.41, 5.74) is 6.46. The summed E-state index contributed by atoms with van der Waals surface area (Å²) in [6.07, 6.45) is 4.55. The van der Waals surface area contributed by atoms with Crippen molar-refractivity contribution in [1.82, 2.24) is 15.2 Å².